The van der Waals surface area contributed by atoms with Crippen LogP contribution < -0.4 is 10.8 Å². The smallest absolute Gasteiger partial charge is 0.243 e. The highest BCUT2D eigenvalue weighted by Crippen LogP contribution is 2.55. The molecule has 0 bridgehead atoms. The van der Waals surface area contributed by atoms with Crippen LogP contribution in [-0.2, 0) is 9.59 Å². The molecule has 0 unspecified atom stereocenters. The van der Waals surface area contributed by atoms with Gasteiger partial charge in [-0.05, 0) is 49.9 Å². The van der Waals surface area contributed by atoms with Crippen molar-refractivity contribution in [2.75, 3.05) is 18.4 Å². The molecule has 160 valence electrons. The first-order valence-electron chi connectivity index (χ1n) is 10.9. The molecule has 3 N–H and O–H groups in total. The minimum Gasteiger partial charge on any atom is -0.301 e. The summed E-state index contributed by atoms with van der Waals surface area (Å²) in [7, 11) is 0. The number of carbonyl (C=O) groups excluding carboxylic acids is 2. The summed E-state index contributed by atoms with van der Waals surface area (Å²) in [6, 6.07) is -0.162. The lowest BCUT2D eigenvalue weighted by Crippen LogP contribution is -2.43. The van der Waals surface area contributed by atoms with Crippen LogP contribution in [0.25, 0.3) is 0 Å². The summed E-state index contributed by atoms with van der Waals surface area (Å²) in [4.78, 5) is 32.6. The minimum absolute atomic E-state index is 0.0225. The van der Waals surface area contributed by atoms with Gasteiger partial charge in [0.05, 0.1) is 6.04 Å². The van der Waals surface area contributed by atoms with Gasteiger partial charge >= 0.3 is 0 Å². The Kier molecular flexibility index (Phi) is 6.22. The first-order valence-corrected chi connectivity index (χ1v) is 11.7. The molecule has 7 nitrogen and oxygen atoms in total. The van der Waals surface area contributed by atoms with Crippen LogP contribution in [0.1, 0.15) is 62.7 Å². The maximum absolute atomic E-state index is 13.0. The molecule has 4 rings (SSSR count). The molecule has 8 heteroatoms. The van der Waals surface area contributed by atoms with Gasteiger partial charge in [0.1, 0.15) is 0 Å². The Hall–Kier alpha value is -1.51. The molecule has 1 spiro atoms. The highest BCUT2D eigenvalue weighted by molar-refractivity contribution is 7.15. The zero-order valence-corrected chi connectivity index (χ0v) is 18.0. The number of rotatable bonds is 8. The number of thiazole rings is 1. The van der Waals surface area contributed by atoms with E-state index in [9.17, 15) is 9.59 Å². The van der Waals surface area contributed by atoms with Gasteiger partial charge in [-0.2, -0.15) is 0 Å². The van der Waals surface area contributed by atoms with Crippen LogP contribution in [-0.4, -0.2) is 46.0 Å². The Morgan fingerprint density at radius 1 is 1.38 bits per heavy atom. The number of aromatic nitrogens is 1. The Labute approximate surface area is 176 Å². The summed E-state index contributed by atoms with van der Waals surface area (Å²) >= 11 is 1.50. The van der Waals surface area contributed by atoms with E-state index in [1.165, 1.54) is 49.9 Å². The Morgan fingerprint density at radius 3 is 2.76 bits per heavy atom. The van der Waals surface area contributed by atoms with Crippen LogP contribution in [0.3, 0.4) is 0 Å². The van der Waals surface area contributed by atoms with Crippen LogP contribution in [0.2, 0.25) is 0 Å². The number of carbonyl (C=O) groups is 2. The lowest BCUT2D eigenvalue weighted by Gasteiger charge is -2.29. The maximum atomic E-state index is 13.0. The van der Waals surface area contributed by atoms with E-state index >= 15 is 0 Å². The number of nitrogens with one attached hydrogen (secondary N) is 2. The van der Waals surface area contributed by atoms with Crippen molar-refractivity contribution >= 4 is 28.3 Å². The standard InChI is InChI=1S/C21H32N4O3S/c1-14-11-22-20(29-14)23-19(27)17-10-21(6-7-21)13-25(17)12-16(9-18(26)24-28)8-15-4-2-3-5-15/h11,15-17,28H,2-10,12-13H2,1H3,(H,24,26)(H,22,23,27)/t16-,17+/m1/s1. The van der Waals surface area contributed by atoms with Gasteiger partial charge < -0.3 is 5.32 Å². The molecule has 1 aliphatic heterocycles. The van der Waals surface area contributed by atoms with Gasteiger partial charge in [-0.1, -0.05) is 25.7 Å². The number of hydroxylamine groups is 1. The van der Waals surface area contributed by atoms with E-state index in [0.717, 1.165) is 30.8 Å². The van der Waals surface area contributed by atoms with Crippen molar-refractivity contribution in [1.29, 1.82) is 0 Å². The second-order valence-corrected chi connectivity index (χ2v) is 10.6. The molecule has 2 saturated carbocycles. The third-order valence-corrected chi connectivity index (χ3v) is 7.78. The van der Waals surface area contributed by atoms with Gasteiger partial charge in [0.25, 0.3) is 0 Å². The lowest BCUT2D eigenvalue weighted by atomic mass is 9.90. The minimum atomic E-state index is -0.326. The zero-order valence-electron chi connectivity index (χ0n) is 17.2. The summed E-state index contributed by atoms with van der Waals surface area (Å²) in [6.07, 6.45) is 11.4. The molecule has 0 radical (unpaired) electrons. The van der Waals surface area contributed by atoms with Gasteiger partial charge in [0, 0.05) is 30.6 Å². The quantitative estimate of drug-likeness (QED) is 0.443. The Balaban J connectivity index is 1.43. The molecule has 2 heterocycles. The summed E-state index contributed by atoms with van der Waals surface area (Å²) in [6.45, 7) is 3.65. The maximum Gasteiger partial charge on any atom is 0.243 e. The lowest BCUT2D eigenvalue weighted by molar-refractivity contribution is -0.130. The van der Waals surface area contributed by atoms with Crippen molar-refractivity contribution in [2.45, 2.75) is 70.8 Å². The van der Waals surface area contributed by atoms with Crippen molar-refractivity contribution in [2.24, 2.45) is 17.3 Å². The van der Waals surface area contributed by atoms with Crippen LogP contribution in [0.5, 0.6) is 0 Å². The van der Waals surface area contributed by atoms with Gasteiger partial charge in [-0.3, -0.25) is 19.7 Å². The van der Waals surface area contributed by atoms with Crippen LogP contribution in [0.4, 0.5) is 5.13 Å². The Bertz CT molecular complexity index is 742. The van der Waals surface area contributed by atoms with Gasteiger partial charge in [-0.15, -0.1) is 11.3 Å². The third-order valence-electron chi connectivity index (χ3n) is 6.95. The number of likely N-dealkylation sites (tertiary alicyclic amines) is 1. The number of hydrogen-bond donors (Lipinski definition) is 3. The zero-order chi connectivity index (χ0) is 20.4. The molecule has 3 fully saturated rings. The highest BCUT2D eigenvalue weighted by Gasteiger charge is 2.54. The van der Waals surface area contributed by atoms with Crippen molar-refractivity contribution < 1.29 is 14.8 Å². The predicted molar refractivity (Wildman–Crippen MR) is 112 cm³/mol. The first kappa shape index (κ1) is 20.8. The van der Waals surface area contributed by atoms with Gasteiger partial charge in [-0.25, -0.2) is 10.5 Å². The number of hydrogen-bond acceptors (Lipinski definition) is 6. The second-order valence-electron chi connectivity index (χ2n) is 9.41. The second kappa shape index (κ2) is 8.70. The largest absolute Gasteiger partial charge is 0.301 e. The predicted octanol–water partition coefficient (Wildman–Crippen LogP) is 3.34. The molecule has 29 heavy (non-hydrogen) atoms. The number of amides is 2. The van der Waals surface area contributed by atoms with Gasteiger partial charge in [0.15, 0.2) is 5.13 Å². The Morgan fingerprint density at radius 2 is 2.14 bits per heavy atom. The SMILES string of the molecule is Cc1cnc(NC(=O)[C@@H]2CC3(CC3)CN2C[C@@H](CC(=O)NO)CC2CCCC2)s1. The number of nitrogens with zero attached hydrogens (tertiary/aromatic N) is 2. The monoisotopic (exact) mass is 420 g/mol. The topological polar surface area (TPSA) is 94.6 Å². The average Bonchev–Trinajstić information content (AvgIpc) is 3.04. The third kappa shape index (κ3) is 5.16. The molecule has 1 aromatic rings. The van der Waals surface area contributed by atoms with Crippen LogP contribution in [0.15, 0.2) is 6.20 Å². The molecular formula is C21H32N4O3S. The summed E-state index contributed by atoms with van der Waals surface area (Å²) in [5.41, 5.74) is 2.09. The van der Waals surface area contributed by atoms with E-state index in [4.69, 9.17) is 5.21 Å². The molecule has 2 amide bonds. The van der Waals surface area contributed by atoms with E-state index in [1.54, 1.807) is 11.7 Å². The van der Waals surface area contributed by atoms with E-state index in [1.807, 2.05) is 6.92 Å². The van der Waals surface area contributed by atoms with Crippen LogP contribution in [0, 0.1) is 24.2 Å². The van der Waals surface area contributed by atoms with Crippen molar-refractivity contribution in [3.63, 3.8) is 0 Å². The first-order chi connectivity index (χ1) is 14.0. The van der Waals surface area contributed by atoms with E-state index in [0.29, 0.717) is 17.5 Å². The molecule has 1 aromatic heterocycles. The van der Waals surface area contributed by atoms with E-state index in [-0.39, 0.29) is 29.2 Å². The van der Waals surface area contributed by atoms with E-state index < -0.39 is 0 Å². The van der Waals surface area contributed by atoms with E-state index in [2.05, 4.69) is 15.2 Å². The highest BCUT2D eigenvalue weighted by atomic mass is 32.1. The summed E-state index contributed by atoms with van der Waals surface area (Å²) in [5, 5.41) is 12.7. The molecule has 0 aromatic carbocycles. The normalized spacial score (nSPS) is 24.7. The fourth-order valence-corrected chi connectivity index (χ4v) is 5.98. The van der Waals surface area contributed by atoms with Crippen molar-refractivity contribution in [3.8, 4) is 0 Å². The molecule has 2 aliphatic carbocycles. The van der Waals surface area contributed by atoms with Gasteiger partial charge in [0.2, 0.25) is 11.8 Å². The molecular weight excluding hydrogens is 388 g/mol. The average molecular weight is 421 g/mol. The number of anilines is 1. The molecule has 1 saturated heterocycles. The molecule has 2 atom stereocenters. The fourth-order valence-electron chi connectivity index (χ4n) is 5.31. The summed E-state index contributed by atoms with van der Waals surface area (Å²) < 4.78 is 0. The number of aryl methyl sites for hydroxylation is 1. The summed E-state index contributed by atoms with van der Waals surface area (Å²) in [5.74, 6) is 0.521. The van der Waals surface area contributed by atoms with Crippen molar-refractivity contribution in [3.05, 3.63) is 11.1 Å². The van der Waals surface area contributed by atoms with Crippen molar-refractivity contribution in [1.82, 2.24) is 15.4 Å². The van der Waals surface area contributed by atoms with Crippen LogP contribution >= 0.6 is 11.3 Å². The fraction of sp³-hybridized carbons (Fsp3) is 0.762. The molecule has 3 aliphatic rings.